The lowest BCUT2D eigenvalue weighted by Gasteiger charge is -2.36. The van der Waals surface area contributed by atoms with E-state index in [1.54, 1.807) is 12.1 Å². The van der Waals surface area contributed by atoms with E-state index in [4.69, 9.17) is 11.6 Å². The summed E-state index contributed by atoms with van der Waals surface area (Å²) in [6.45, 7) is 9.80. The van der Waals surface area contributed by atoms with E-state index in [-0.39, 0.29) is 5.75 Å². The van der Waals surface area contributed by atoms with Crippen LogP contribution in [0.25, 0.3) is 0 Å². The van der Waals surface area contributed by atoms with Crippen molar-refractivity contribution < 1.29 is 22.7 Å². The summed E-state index contributed by atoms with van der Waals surface area (Å²) >= 11 is 6.44. The first kappa shape index (κ1) is 28.7. The van der Waals surface area contributed by atoms with Crippen molar-refractivity contribution in [3.63, 3.8) is 0 Å². The van der Waals surface area contributed by atoms with E-state index in [2.05, 4.69) is 24.8 Å². The molecule has 0 bridgehead atoms. The highest BCUT2D eigenvalue weighted by Crippen LogP contribution is 2.24. The van der Waals surface area contributed by atoms with Crippen molar-refractivity contribution in [3.05, 3.63) is 75.8 Å². The van der Waals surface area contributed by atoms with Gasteiger partial charge in [-0.2, -0.15) is 0 Å². The van der Waals surface area contributed by atoms with Gasteiger partial charge in [0.25, 0.3) is 0 Å². The monoisotopic (exact) mass is 536 g/mol. The van der Waals surface area contributed by atoms with Crippen LogP contribution < -0.4 is 10.1 Å². The SMILES string of the molecule is C/C=C\C(=NCC)N1CCN(Cc2cc(Cl)c(C=O)c(CNCc3ccc(OC(F)(F)F)cc3)c2)CC1. The van der Waals surface area contributed by atoms with Crippen LogP contribution in [-0.4, -0.2) is 61.0 Å². The minimum Gasteiger partial charge on any atom is -0.406 e. The highest BCUT2D eigenvalue weighted by atomic mass is 35.5. The second-order valence-corrected chi connectivity index (χ2v) is 9.07. The number of hydrogen-bond acceptors (Lipinski definition) is 5. The van der Waals surface area contributed by atoms with Gasteiger partial charge in [-0.15, -0.1) is 13.2 Å². The van der Waals surface area contributed by atoms with Crippen molar-refractivity contribution in [3.8, 4) is 5.75 Å². The first-order valence-corrected chi connectivity index (χ1v) is 12.6. The van der Waals surface area contributed by atoms with Crippen LogP contribution in [0.5, 0.6) is 5.75 Å². The van der Waals surface area contributed by atoms with E-state index in [9.17, 15) is 18.0 Å². The Labute approximate surface area is 220 Å². The Balaban J connectivity index is 1.59. The molecule has 0 atom stereocenters. The molecule has 3 rings (SSSR count). The van der Waals surface area contributed by atoms with E-state index in [0.717, 1.165) is 61.5 Å². The van der Waals surface area contributed by atoms with Gasteiger partial charge in [0.05, 0.1) is 5.02 Å². The van der Waals surface area contributed by atoms with Gasteiger partial charge in [-0.1, -0.05) is 35.9 Å². The molecule has 2 aromatic carbocycles. The third-order valence-corrected chi connectivity index (χ3v) is 6.25. The minimum atomic E-state index is -4.72. The Morgan fingerprint density at radius 2 is 1.81 bits per heavy atom. The smallest absolute Gasteiger partial charge is 0.406 e. The fraction of sp³-hybridized carbons (Fsp3) is 0.407. The van der Waals surface area contributed by atoms with Crippen molar-refractivity contribution in [2.45, 2.75) is 39.8 Å². The molecule has 0 radical (unpaired) electrons. The minimum absolute atomic E-state index is 0.268. The number of allylic oxidation sites excluding steroid dienone is 1. The molecule has 1 fully saturated rings. The number of hydrogen-bond donors (Lipinski definition) is 1. The first-order chi connectivity index (χ1) is 17.7. The van der Waals surface area contributed by atoms with E-state index < -0.39 is 6.36 Å². The molecule has 2 aromatic rings. The molecule has 0 amide bonds. The number of benzene rings is 2. The zero-order valence-electron chi connectivity index (χ0n) is 21.0. The summed E-state index contributed by atoms with van der Waals surface area (Å²) in [5.41, 5.74) is 3.01. The molecule has 1 aliphatic rings. The molecule has 0 unspecified atom stereocenters. The fourth-order valence-corrected chi connectivity index (χ4v) is 4.53. The molecule has 0 aliphatic carbocycles. The Morgan fingerprint density at radius 1 is 1.11 bits per heavy atom. The number of alkyl halides is 3. The van der Waals surface area contributed by atoms with Gasteiger partial charge < -0.3 is 15.0 Å². The number of amidine groups is 1. The highest BCUT2D eigenvalue weighted by molar-refractivity contribution is 6.33. The Hall–Kier alpha value is -2.88. The number of ether oxygens (including phenoxy) is 1. The van der Waals surface area contributed by atoms with Crippen molar-refractivity contribution in [1.82, 2.24) is 15.1 Å². The lowest BCUT2D eigenvalue weighted by atomic mass is 10.0. The van der Waals surface area contributed by atoms with Crippen LogP contribution in [0.4, 0.5) is 13.2 Å². The van der Waals surface area contributed by atoms with Crippen LogP contribution >= 0.6 is 11.6 Å². The molecule has 6 nitrogen and oxygen atoms in total. The summed E-state index contributed by atoms with van der Waals surface area (Å²) in [5.74, 6) is 0.745. The number of carbonyl (C=O) groups is 1. The zero-order valence-corrected chi connectivity index (χ0v) is 21.8. The molecule has 0 aromatic heterocycles. The van der Waals surface area contributed by atoms with E-state index in [1.165, 1.54) is 12.1 Å². The fourth-order valence-electron chi connectivity index (χ4n) is 4.22. The van der Waals surface area contributed by atoms with Gasteiger partial charge in [0.2, 0.25) is 0 Å². The second-order valence-electron chi connectivity index (χ2n) is 8.66. The number of rotatable bonds is 10. The molecule has 200 valence electrons. The van der Waals surface area contributed by atoms with Crippen molar-refractivity contribution in [2.75, 3.05) is 32.7 Å². The largest absolute Gasteiger partial charge is 0.573 e. The molecule has 1 aliphatic heterocycles. The number of nitrogens with zero attached hydrogens (tertiary/aromatic N) is 3. The average Bonchev–Trinajstić information content (AvgIpc) is 2.84. The molecular formula is C27H32ClF3N4O2. The maximum atomic E-state index is 12.3. The van der Waals surface area contributed by atoms with Gasteiger partial charge in [-0.3, -0.25) is 14.7 Å². The molecular weight excluding hydrogens is 505 g/mol. The third kappa shape index (κ3) is 8.87. The number of aldehydes is 1. The number of aliphatic imine (C=N–C) groups is 1. The van der Waals surface area contributed by atoms with Crippen LogP contribution in [0, 0.1) is 0 Å². The Morgan fingerprint density at radius 3 is 2.41 bits per heavy atom. The molecule has 10 heteroatoms. The zero-order chi connectivity index (χ0) is 26.8. The lowest BCUT2D eigenvalue weighted by molar-refractivity contribution is -0.274. The molecule has 1 N–H and O–H groups in total. The maximum absolute atomic E-state index is 12.3. The van der Waals surface area contributed by atoms with Gasteiger partial charge in [-0.05, 0) is 54.8 Å². The molecule has 0 saturated carbocycles. The lowest BCUT2D eigenvalue weighted by Crippen LogP contribution is -2.48. The number of halogens is 4. The quantitative estimate of drug-likeness (QED) is 0.248. The molecule has 0 spiro atoms. The highest BCUT2D eigenvalue weighted by Gasteiger charge is 2.31. The van der Waals surface area contributed by atoms with Gasteiger partial charge in [0, 0.05) is 57.9 Å². The number of piperazine rings is 1. The summed E-state index contributed by atoms with van der Waals surface area (Å²) in [4.78, 5) is 20.9. The predicted molar refractivity (Wildman–Crippen MR) is 140 cm³/mol. The van der Waals surface area contributed by atoms with Gasteiger partial charge in [0.1, 0.15) is 11.6 Å². The van der Waals surface area contributed by atoms with Crippen LogP contribution in [-0.2, 0) is 19.6 Å². The average molecular weight is 537 g/mol. The van der Waals surface area contributed by atoms with Crippen LogP contribution in [0.15, 0.2) is 53.5 Å². The van der Waals surface area contributed by atoms with Gasteiger partial charge in [0.15, 0.2) is 6.29 Å². The van der Waals surface area contributed by atoms with Crippen LogP contribution in [0.3, 0.4) is 0 Å². The summed E-state index contributed by atoms with van der Waals surface area (Å²) < 4.78 is 40.9. The van der Waals surface area contributed by atoms with Gasteiger partial charge >= 0.3 is 6.36 Å². The van der Waals surface area contributed by atoms with Crippen LogP contribution in [0.2, 0.25) is 5.02 Å². The topological polar surface area (TPSA) is 57.2 Å². The van der Waals surface area contributed by atoms with Crippen molar-refractivity contribution >= 4 is 23.7 Å². The summed E-state index contributed by atoms with van der Waals surface area (Å²) in [5, 5.41) is 3.64. The normalized spacial score (nSPS) is 15.4. The Kier molecular flexibility index (Phi) is 10.5. The Bertz CT molecular complexity index is 1100. The summed E-state index contributed by atoms with van der Waals surface area (Å²) in [6.07, 6.45) is 0.0773. The van der Waals surface area contributed by atoms with Gasteiger partial charge in [-0.25, -0.2) is 0 Å². The van der Waals surface area contributed by atoms with Crippen molar-refractivity contribution in [1.29, 1.82) is 0 Å². The van der Waals surface area contributed by atoms with Crippen molar-refractivity contribution in [2.24, 2.45) is 4.99 Å². The summed E-state index contributed by atoms with van der Waals surface area (Å²) in [7, 11) is 0. The maximum Gasteiger partial charge on any atom is 0.573 e. The predicted octanol–water partition coefficient (Wildman–Crippen LogP) is 5.45. The molecule has 1 heterocycles. The van der Waals surface area contributed by atoms with Crippen LogP contribution in [0.1, 0.15) is 40.9 Å². The third-order valence-electron chi connectivity index (χ3n) is 5.93. The molecule has 1 saturated heterocycles. The second kappa shape index (κ2) is 13.6. The van der Waals surface area contributed by atoms with E-state index in [1.807, 2.05) is 38.1 Å². The standard InChI is InChI=1S/C27H32ClF3N4O2/c1-3-5-26(33-4-2)35-12-10-34(11-13-35)18-21-14-22(24(19-36)25(28)15-21)17-32-16-20-6-8-23(9-7-20)37-27(29,30)31/h3,5-9,14-15,19,32H,4,10-13,16-18H2,1-2H3/b5-3-,33-26?. The molecule has 37 heavy (non-hydrogen) atoms. The van der Waals surface area contributed by atoms with E-state index in [0.29, 0.717) is 30.2 Å². The number of nitrogens with one attached hydrogen (secondary N) is 1. The number of carbonyl (C=O) groups excluding carboxylic acids is 1. The van der Waals surface area contributed by atoms with E-state index >= 15 is 0 Å². The summed E-state index contributed by atoms with van der Waals surface area (Å²) in [6, 6.07) is 9.49. The first-order valence-electron chi connectivity index (χ1n) is 12.2.